The number of rotatable bonds is 13. The molecule has 0 unspecified atom stereocenters. The molecule has 1 N–H and O–H groups in total. The summed E-state index contributed by atoms with van der Waals surface area (Å²) >= 11 is 0. The Labute approximate surface area is 201 Å². The van der Waals surface area contributed by atoms with Crippen molar-refractivity contribution in [2.75, 3.05) is 27.4 Å². The summed E-state index contributed by atoms with van der Waals surface area (Å²) in [6.45, 7) is 1.31. The molecule has 0 radical (unpaired) electrons. The second-order valence-corrected chi connectivity index (χ2v) is 8.88. The Kier molecular flexibility index (Phi) is 9.75. The van der Waals surface area contributed by atoms with E-state index in [-0.39, 0.29) is 24.5 Å². The van der Waals surface area contributed by atoms with Crippen molar-refractivity contribution in [1.82, 2.24) is 0 Å². The number of aryl methyl sites for hydroxylation is 2. The van der Waals surface area contributed by atoms with Gasteiger partial charge in [0.25, 0.3) is 0 Å². The van der Waals surface area contributed by atoms with Gasteiger partial charge >= 0.3 is 0 Å². The molecule has 3 nitrogen and oxygen atoms in total. The van der Waals surface area contributed by atoms with Gasteiger partial charge in [-0.1, -0.05) is 42.5 Å². The average molecular weight is 469 g/mol. The van der Waals surface area contributed by atoms with Crippen LogP contribution in [-0.2, 0) is 40.8 Å². The molecule has 5 heteroatoms. The van der Waals surface area contributed by atoms with Gasteiger partial charge in [-0.2, -0.15) is 0 Å². The molecule has 0 amide bonds. The van der Waals surface area contributed by atoms with Crippen LogP contribution in [0.3, 0.4) is 0 Å². The normalized spacial score (nSPS) is 11.7. The summed E-state index contributed by atoms with van der Waals surface area (Å²) in [5, 5.41) is 12.1. The van der Waals surface area contributed by atoms with Crippen molar-refractivity contribution < 1.29 is 23.4 Å². The van der Waals surface area contributed by atoms with E-state index in [0.717, 1.165) is 42.4 Å². The minimum absolute atomic E-state index is 0.209. The molecule has 3 rings (SSSR count). The molecule has 0 fully saturated rings. The highest BCUT2D eigenvalue weighted by molar-refractivity contribution is 5.37. The lowest BCUT2D eigenvalue weighted by Gasteiger charge is -2.30. The molecule has 0 aliphatic rings. The third-order valence-corrected chi connectivity index (χ3v) is 5.99. The first-order chi connectivity index (χ1) is 16.4. The molecule has 3 aromatic carbocycles. The topological polar surface area (TPSA) is 38.7 Å². The average Bonchev–Trinajstić information content (AvgIpc) is 2.79. The van der Waals surface area contributed by atoms with Gasteiger partial charge in [0.15, 0.2) is 0 Å². The number of aliphatic hydroxyl groups is 1. The molecule has 0 bridgehead atoms. The number of methoxy groups -OCH3 is 2. The fraction of sp³-hybridized carbons (Fsp3) is 0.379. The van der Waals surface area contributed by atoms with Gasteiger partial charge in [0.1, 0.15) is 11.6 Å². The van der Waals surface area contributed by atoms with Crippen LogP contribution in [-0.4, -0.2) is 32.5 Å². The van der Waals surface area contributed by atoms with Gasteiger partial charge in [0, 0.05) is 40.3 Å². The van der Waals surface area contributed by atoms with E-state index in [1.165, 1.54) is 24.3 Å². The van der Waals surface area contributed by atoms with Crippen LogP contribution in [0.15, 0.2) is 66.7 Å². The van der Waals surface area contributed by atoms with E-state index in [4.69, 9.17) is 9.47 Å². The predicted octanol–water partition coefficient (Wildman–Crippen LogP) is 5.80. The van der Waals surface area contributed by atoms with Gasteiger partial charge in [-0.25, -0.2) is 8.78 Å². The maximum atomic E-state index is 13.9. The van der Waals surface area contributed by atoms with Crippen molar-refractivity contribution in [3.05, 3.63) is 106 Å². The van der Waals surface area contributed by atoms with Gasteiger partial charge in [-0.15, -0.1) is 0 Å². The fourth-order valence-corrected chi connectivity index (χ4v) is 4.40. The number of hydrogen-bond acceptors (Lipinski definition) is 3. The molecule has 182 valence electrons. The fourth-order valence-electron chi connectivity index (χ4n) is 4.40. The maximum absolute atomic E-state index is 13.9. The van der Waals surface area contributed by atoms with Gasteiger partial charge < -0.3 is 14.6 Å². The number of benzene rings is 3. The summed E-state index contributed by atoms with van der Waals surface area (Å²) in [5.41, 5.74) is 3.00. The summed E-state index contributed by atoms with van der Waals surface area (Å²) in [6, 6.07) is 18.8. The van der Waals surface area contributed by atoms with Crippen LogP contribution < -0.4 is 0 Å². The van der Waals surface area contributed by atoms with E-state index in [1.54, 1.807) is 26.4 Å². The minimum atomic E-state index is -1.34. The molecule has 0 spiro atoms. The van der Waals surface area contributed by atoms with E-state index < -0.39 is 5.60 Å². The van der Waals surface area contributed by atoms with E-state index in [0.29, 0.717) is 24.3 Å². The zero-order valence-corrected chi connectivity index (χ0v) is 20.0. The Bertz CT molecular complexity index is 975. The first-order valence-corrected chi connectivity index (χ1v) is 11.7. The Morgan fingerprint density at radius 1 is 0.676 bits per heavy atom. The second kappa shape index (κ2) is 12.7. The number of ether oxygens (including phenoxy) is 2. The van der Waals surface area contributed by atoms with Crippen LogP contribution in [0.25, 0.3) is 0 Å². The largest absolute Gasteiger partial charge is 0.385 e. The summed E-state index contributed by atoms with van der Waals surface area (Å²) in [6.07, 6.45) is 3.78. The van der Waals surface area contributed by atoms with Crippen molar-refractivity contribution in [1.29, 1.82) is 0 Å². The second-order valence-electron chi connectivity index (χ2n) is 8.88. The Morgan fingerprint density at radius 3 is 1.56 bits per heavy atom. The zero-order valence-electron chi connectivity index (χ0n) is 20.0. The van der Waals surface area contributed by atoms with Gasteiger partial charge in [0.2, 0.25) is 0 Å². The monoisotopic (exact) mass is 468 g/mol. The Balaban J connectivity index is 2.02. The smallest absolute Gasteiger partial charge is 0.123 e. The van der Waals surface area contributed by atoms with Crippen LogP contribution >= 0.6 is 0 Å². The summed E-state index contributed by atoms with van der Waals surface area (Å²) in [4.78, 5) is 0. The third-order valence-electron chi connectivity index (χ3n) is 5.99. The molecule has 0 atom stereocenters. The predicted molar refractivity (Wildman–Crippen MR) is 131 cm³/mol. The Morgan fingerprint density at radius 2 is 1.15 bits per heavy atom. The quantitative estimate of drug-likeness (QED) is 0.323. The molecule has 0 heterocycles. The molecule has 0 aliphatic carbocycles. The number of halogens is 2. The van der Waals surface area contributed by atoms with Crippen LogP contribution in [0, 0.1) is 11.6 Å². The SMILES string of the molecule is COCCCc1cc(CCCOC)cc(C(O)(Cc2cccc(F)c2)Cc2cccc(F)c2)c1. The molecule has 0 aromatic heterocycles. The molecule has 0 aliphatic heterocycles. The standard InChI is InChI=1S/C29H34F2O3/c1-33-13-5-9-22-15-23(10-6-14-34-2)17-26(16-22)29(32,20-24-7-3-11-27(30)18-24)21-25-8-4-12-28(31)19-25/h3-4,7-8,11-12,15-19,32H,5-6,9-10,13-14,20-21H2,1-2H3. The number of hydrogen-bond donors (Lipinski definition) is 1. The van der Waals surface area contributed by atoms with Gasteiger partial charge in [-0.3, -0.25) is 0 Å². The molecule has 0 saturated heterocycles. The lowest BCUT2D eigenvalue weighted by Crippen LogP contribution is -2.32. The van der Waals surface area contributed by atoms with Crippen LogP contribution in [0.5, 0.6) is 0 Å². The van der Waals surface area contributed by atoms with Crippen molar-refractivity contribution in [3.63, 3.8) is 0 Å². The van der Waals surface area contributed by atoms with E-state index in [1.807, 2.05) is 24.3 Å². The van der Waals surface area contributed by atoms with Gasteiger partial charge in [-0.05, 0) is 77.8 Å². The van der Waals surface area contributed by atoms with Crippen LogP contribution in [0.4, 0.5) is 8.78 Å². The molecular formula is C29H34F2O3. The molecule has 34 heavy (non-hydrogen) atoms. The third kappa shape index (κ3) is 7.73. The van der Waals surface area contributed by atoms with Crippen molar-refractivity contribution in [3.8, 4) is 0 Å². The molecule has 0 saturated carbocycles. The molecular weight excluding hydrogens is 434 g/mol. The minimum Gasteiger partial charge on any atom is -0.385 e. The Hall–Kier alpha value is -2.60. The summed E-state index contributed by atoms with van der Waals surface area (Å²) in [5.74, 6) is -0.696. The maximum Gasteiger partial charge on any atom is 0.123 e. The van der Waals surface area contributed by atoms with E-state index in [9.17, 15) is 13.9 Å². The van der Waals surface area contributed by atoms with E-state index in [2.05, 4.69) is 6.07 Å². The van der Waals surface area contributed by atoms with E-state index >= 15 is 0 Å². The lowest BCUT2D eigenvalue weighted by molar-refractivity contribution is 0.0368. The van der Waals surface area contributed by atoms with Crippen molar-refractivity contribution in [2.24, 2.45) is 0 Å². The highest BCUT2D eigenvalue weighted by atomic mass is 19.1. The lowest BCUT2D eigenvalue weighted by atomic mass is 9.80. The first-order valence-electron chi connectivity index (χ1n) is 11.7. The zero-order chi connectivity index (χ0) is 24.4. The van der Waals surface area contributed by atoms with Crippen LogP contribution in [0.1, 0.15) is 40.7 Å². The van der Waals surface area contributed by atoms with Gasteiger partial charge in [0.05, 0.1) is 5.60 Å². The van der Waals surface area contributed by atoms with Crippen molar-refractivity contribution in [2.45, 2.75) is 44.1 Å². The van der Waals surface area contributed by atoms with Crippen molar-refractivity contribution >= 4 is 0 Å². The van der Waals surface area contributed by atoms with Crippen LogP contribution in [0.2, 0.25) is 0 Å². The summed E-state index contributed by atoms with van der Waals surface area (Å²) in [7, 11) is 3.37. The highest BCUT2D eigenvalue weighted by Gasteiger charge is 2.31. The highest BCUT2D eigenvalue weighted by Crippen LogP contribution is 2.32. The first kappa shape index (κ1) is 26.0. The summed E-state index contributed by atoms with van der Waals surface area (Å²) < 4.78 is 38.3. The molecule has 3 aromatic rings.